The van der Waals surface area contributed by atoms with E-state index in [0.29, 0.717) is 0 Å². The minimum atomic E-state index is -1.70. The zero-order chi connectivity index (χ0) is 3.70. The fourth-order valence-corrected chi connectivity index (χ4v) is 0.497. The molecule has 5 heavy (non-hydrogen) atoms. The Morgan fingerprint density at radius 1 is 1.60 bits per heavy atom. The second kappa shape index (κ2) is 1.22. The third-order valence-corrected chi connectivity index (χ3v) is 1.64. The molecule has 3 nitrogen and oxygen atoms in total. The summed E-state index contributed by atoms with van der Waals surface area (Å²) < 4.78 is 17.9. The molecule has 1 heterocycles. The van der Waals surface area contributed by atoms with Gasteiger partial charge in [-0.1, -0.05) is 0 Å². The zero-order valence-electron chi connectivity index (χ0n) is 2.08. The molecule has 0 N–H and O–H groups in total. The summed E-state index contributed by atoms with van der Waals surface area (Å²) in [5.74, 6) is 0. The van der Waals surface area contributed by atoms with Crippen LogP contribution in [0.25, 0.3) is 0 Å². The number of hydrogen-bond acceptors (Lipinski definition) is 4. The molecule has 0 bridgehead atoms. The van der Waals surface area contributed by atoms with Gasteiger partial charge in [0.05, 0.1) is 0 Å². The van der Waals surface area contributed by atoms with Crippen molar-refractivity contribution in [2.24, 2.45) is 0 Å². The van der Waals surface area contributed by atoms with E-state index in [1.165, 1.54) is 0 Å². The first kappa shape index (κ1) is 3.56. The van der Waals surface area contributed by atoms with Crippen LogP contribution in [0.2, 0.25) is 0 Å². The molecule has 0 atom stereocenters. The van der Waals surface area contributed by atoms with Crippen molar-refractivity contribution in [1.82, 2.24) is 0 Å². The van der Waals surface area contributed by atoms with Crippen LogP contribution >= 0.6 is 20.6 Å². The van der Waals surface area contributed by atoms with Crippen LogP contribution in [0.4, 0.5) is 0 Å². The molecule has 0 aromatic carbocycles. The van der Waals surface area contributed by atoms with E-state index in [1.807, 2.05) is 0 Å². The van der Waals surface area contributed by atoms with Crippen LogP contribution in [0.1, 0.15) is 0 Å². The summed E-state index contributed by atoms with van der Waals surface area (Å²) in [6.45, 7) is 0. The first-order chi connectivity index (χ1) is 2.39. The molecular weight excluding hydrogens is 111 g/mol. The van der Waals surface area contributed by atoms with Crippen LogP contribution in [-0.2, 0) is 12.5 Å². The van der Waals surface area contributed by atoms with Gasteiger partial charge in [0.25, 0.3) is 0 Å². The maximum Gasteiger partial charge on any atom is 0.396 e. The maximum absolute atomic E-state index is 9.58. The quantitative estimate of drug-likeness (QED) is 0.348. The Kier molecular flexibility index (Phi) is 0.870. The van der Waals surface area contributed by atoms with Gasteiger partial charge in [-0.25, -0.2) is 4.57 Å². The molecule has 0 aliphatic carbocycles. The van der Waals surface area contributed by atoms with Crippen molar-refractivity contribution in [3.8, 4) is 0 Å². The van der Waals surface area contributed by atoms with Crippen LogP contribution < -0.4 is 0 Å². The summed E-state index contributed by atoms with van der Waals surface area (Å²) in [7, 11) is -1.70. The molecule has 0 saturated carbocycles. The Bertz CT molecular complexity index is 53.9. The average molecular weight is 111 g/mol. The van der Waals surface area contributed by atoms with Crippen molar-refractivity contribution in [1.29, 1.82) is 0 Å². The molecule has 29 valence electrons. The zero-order valence-corrected chi connectivity index (χ0v) is 3.79. The Hall–Kier alpha value is 0.370. The largest absolute Gasteiger partial charge is 0.396 e. The van der Waals surface area contributed by atoms with Crippen LogP contribution in [0.15, 0.2) is 0 Å². The summed E-state index contributed by atoms with van der Waals surface area (Å²) in [5.41, 5.74) is 0. The molecule has 1 saturated heterocycles. The molecule has 1 rings (SSSR count). The summed E-state index contributed by atoms with van der Waals surface area (Å²) in [6.07, 6.45) is 0. The normalized spacial score (nSPS) is 22.0. The van der Waals surface area contributed by atoms with E-state index in [0.717, 1.165) is 12.3 Å². The van der Waals surface area contributed by atoms with Gasteiger partial charge in [0, 0.05) is 0 Å². The Labute approximate surface area is 34.0 Å². The van der Waals surface area contributed by atoms with Crippen LogP contribution in [0.3, 0.4) is 0 Å². The molecule has 0 aromatic rings. The van der Waals surface area contributed by atoms with Gasteiger partial charge in [-0.05, 0) is 0 Å². The highest BCUT2D eigenvalue weighted by Crippen LogP contribution is 2.46. The molecular formula is O3PS. The SMILES string of the molecule is O=[P]1OSO1. The topological polar surface area (TPSA) is 35.5 Å². The maximum atomic E-state index is 9.58. The first-order valence-corrected chi connectivity index (χ1v) is 2.64. The van der Waals surface area contributed by atoms with Gasteiger partial charge in [-0.3, -0.25) is 0 Å². The lowest BCUT2D eigenvalue weighted by Crippen LogP contribution is -1.76. The predicted molar refractivity (Wildman–Crippen MR) is 17.4 cm³/mol. The molecule has 1 aliphatic rings. The van der Waals surface area contributed by atoms with E-state index in [-0.39, 0.29) is 0 Å². The summed E-state index contributed by atoms with van der Waals surface area (Å²) in [5, 5.41) is 0. The Morgan fingerprint density at radius 2 is 2.00 bits per heavy atom. The van der Waals surface area contributed by atoms with Crippen molar-refractivity contribution in [2.45, 2.75) is 0 Å². The molecule has 0 aromatic heterocycles. The van der Waals surface area contributed by atoms with E-state index in [1.54, 1.807) is 0 Å². The number of rotatable bonds is 0. The molecule has 0 amide bonds. The van der Waals surface area contributed by atoms with E-state index in [9.17, 15) is 4.57 Å². The van der Waals surface area contributed by atoms with E-state index in [2.05, 4.69) is 7.94 Å². The highest BCUT2D eigenvalue weighted by Gasteiger charge is 2.14. The molecule has 0 spiro atoms. The van der Waals surface area contributed by atoms with Crippen molar-refractivity contribution >= 4 is 20.6 Å². The van der Waals surface area contributed by atoms with E-state index in [4.69, 9.17) is 0 Å². The fraction of sp³-hybridized carbons (Fsp3) is 0. The standard InChI is InChI=1S/O3PS/c1-4-2-5-3-4. The second-order valence-electron chi connectivity index (χ2n) is 0.441. The van der Waals surface area contributed by atoms with Gasteiger partial charge in [-0.15, -0.1) is 0 Å². The highest BCUT2D eigenvalue weighted by molar-refractivity contribution is 8.00. The van der Waals surface area contributed by atoms with Gasteiger partial charge in [-0.2, -0.15) is 7.94 Å². The van der Waals surface area contributed by atoms with Gasteiger partial charge in [0.15, 0.2) is 12.3 Å². The number of hydrogen-bond donors (Lipinski definition) is 0. The third-order valence-electron chi connectivity index (χ3n) is 0.183. The lowest BCUT2D eigenvalue weighted by molar-refractivity contribution is 0.394. The molecule has 1 fully saturated rings. The van der Waals surface area contributed by atoms with Crippen molar-refractivity contribution < 1.29 is 12.5 Å². The molecule has 1 radical (unpaired) electrons. The second-order valence-corrected chi connectivity index (χ2v) is 2.22. The van der Waals surface area contributed by atoms with E-state index < -0.39 is 8.25 Å². The Morgan fingerprint density at radius 3 is 2.00 bits per heavy atom. The summed E-state index contributed by atoms with van der Waals surface area (Å²) in [6, 6.07) is 0. The molecule has 5 heteroatoms. The lowest BCUT2D eigenvalue weighted by atomic mass is 15.7. The van der Waals surface area contributed by atoms with Gasteiger partial charge < -0.3 is 0 Å². The monoisotopic (exact) mass is 111 g/mol. The average Bonchev–Trinajstić information content (AvgIpc) is 1.30. The first-order valence-electron chi connectivity index (χ1n) is 0.881. The van der Waals surface area contributed by atoms with Crippen LogP contribution in [0.5, 0.6) is 0 Å². The van der Waals surface area contributed by atoms with Crippen molar-refractivity contribution in [3.05, 3.63) is 0 Å². The van der Waals surface area contributed by atoms with Gasteiger partial charge in [0.2, 0.25) is 0 Å². The molecule has 0 unspecified atom stereocenters. The predicted octanol–water partition coefficient (Wildman–Crippen LogP) is 1.25. The fourth-order valence-electron chi connectivity index (χ4n) is 0.0553. The third kappa shape index (κ3) is 0.605. The van der Waals surface area contributed by atoms with E-state index >= 15 is 0 Å². The minimum absolute atomic E-state index is 0.761. The van der Waals surface area contributed by atoms with Gasteiger partial charge in [0.1, 0.15) is 0 Å². The molecule has 1 aliphatic heterocycles. The highest BCUT2D eigenvalue weighted by atomic mass is 32.2. The van der Waals surface area contributed by atoms with Crippen LogP contribution in [0, 0.1) is 0 Å². The van der Waals surface area contributed by atoms with Crippen molar-refractivity contribution in [3.63, 3.8) is 0 Å². The van der Waals surface area contributed by atoms with Crippen LogP contribution in [-0.4, -0.2) is 0 Å². The van der Waals surface area contributed by atoms with Gasteiger partial charge >= 0.3 is 8.25 Å². The summed E-state index contributed by atoms with van der Waals surface area (Å²) in [4.78, 5) is 0. The minimum Gasteiger partial charge on any atom is -0.220 e. The lowest BCUT2D eigenvalue weighted by Gasteiger charge is -2.02. The Balaban J connectivity index is 2.32. The smallest absolute Gasteiger partial charge is 0.220 e. The van der Waals surface area contributed by atoms with Crippen molar-refractivity contribution in [2.75, 3.05) is 0 Å². The summed E-state index contributed by atoms with van der Waals surface area (Å²) >= 11 is 0.761.